The Balaban J connectivity index is 2.00. The molecule has 4 heteroatoms. The summed E-state index contributed by atoms with van der Waals surface area (Å²) in [7, 11) is 4.24. The fraction of sp³-hybridized carbons (Fsp3) is 0.636. The van der Waals surface area contributed by atoms with Crippen molar-refractivity contribution in [1.29, 1.82) is 0 Å². The highest BCUT2D eigenvalue weighted by molar-refractivity contribution is 9.10. The Labute approximate surface area is 105 Å². The lowest BCUT2D eigenvalue weighted by atomic mass is 10.3. The van der Waals surface area contributed by atoms with Gasteiger partial charge in [-0.15, -0.1) is 11.3 Å². The van der Waals surface area contributed by atoms with E-state index in [0.717, 1.165) is 13.1 Å². The van der Waals surface area contributed by atoms with Gasteiger partial charge in [0.1, 0.15) is 0 Å². The monoisotopic (exact) mass is 290 g/mol. The van der Waals surface area contributed by atoms with Crippen LogP contribution in [0.1, 0.15) is 17.7 Å². The van der Waals surface area contributed by atoms with Crippen LogP contribution in [0.15, 0.2) is 15.9 Å². The molecular formula is C11H19BrN2S. The maximum Gasteiger partial charge on any atom is 0.0327 e. The number of halogens is 1. The van der Waals surface area contributed by atoms with Crippen molar-refractivity contribution in [3.05, 3.63) is 20.8 Å². The Bertz CT molecular complexity index is 273. The molecule has 0 aliphatic rings. The van der Waals surface area contributed by atoms with Crippen LogP contribution in [0.3, 0.4) is 0 Å². The molecule has 0 saturated heterocycles. The maximum atomic E-state index is 3.53. The SMILES string of the molecule is CN(C)CCCCNCc1sccc1Br. The lowest BCUT2D eigenvalue weighted by Gasteiger charge is -2.09. The first-order chi connectivity index (χ1) is 7.20. The van der Waals surface area contributed by atoms with Gasteiger partial charge in [-0.25, -0.2) is 0 Å². The van der Waals surface area contributed by atoms with Gasteiger partial charge in [0.05, 0.1) is 0 Å². The third-order valence-corrected chi connectivity index (χ3v) is 4.11. The van der Waals surface area contributed by atoms with E-state index in [-0.39, 0.29) is 0 Å². The molecule has 1 aromatic heterocycles. The van der Waals surface area contributed by atoms with Gasteiger partial charge in [0.25, 0.3) is 0 Å². The minimum absolute atomic E-state index is 0.986. The smallest absolute Gasteiger partial charge is 0.0327 e. The standard InChI is InChI=1S/C11H19BrN2S/c1-14(2)7-4-3-6-13-9-11-10(12)5-8-15-11/h5,8,13H,3-4,6-7,9H2,1-2H3. The molecule has 0 aliphatic heterocycles. The highest BCUT2D eigenvalue weighted by atomic mass is 79.9. The summed E-state index contributed by atoms with van der Waals surface area (Å²) in [6.07, 6.45) is 2.52. The van der Waals surface area contributed by atoms with Crippen molar-refractivity contribution < 1.29 is 0 Å². The number of thiophene rings is 1. The molecular weight excluding hydrogens is 272 g/mol. The normalized spacial score (nSPS) is 11.2. The van der Waals surface area contributed by atoms with Gasteiger partial charge in [0.2, 0.25) is 0 Å². The molecule has 0 atom stereocenters. The number of rotatable bonds is 7. The fourth-order valence-corrected chi connectivity index (χ4v) is 2.79. The van der Waals surface area contributed by atoms with Crippen molar-refractivity contribution in [2.45, 2.75) is 19.4 Å². The van der Waals surface area contributed by atoms with E-state index in [1.165, 1.54) is 28.7 Å². The molecule has 1 aromatic rings. The first-order valence-electron chi connectivity index (χ1n) is 5.27. The Morgan fingerprint density at radius 1 is 1.40 bits per heavy atom. The van der Waals surface area contributed by atoms with Crippen LogP contribution in [0.2, 0.25) is 0 Å². The van der Waals surface area contributed by atoms with Crippen molar-refractivity contribution in [2.24, 2.45) is 0 Å². The van der Waals surface area contributed by atoms with E-state index >= 15 is 0 Å². The van der Waals surface area contributed by atoms with Crippen LogP contribution in [0.4, 0.5) is 0 Å². The first kappa shape index (κ1) is 13.2. The number of nitrogens with zero attached hydrogens (tertiary/aromatic N) is 1. The van der Waals surface area contributed by atoms with E-state index in [2.05, 4.69) is 51.7 Å². The molecule has 1 heterocycles. The molecule has 0 aromatic carbocycles. The molecule has 86 valence electrons. The Kier molecular flexibility index (Phi) is 6.48. The quantitative estimate of drug-likeness (QED) is 0.777. The second-order valence-corrected chi connectivity index (χ2v) is 5.73. The highest BCUT2D eigenvalue weighted by Crippen LogP contribution is 2.21. The van der Waals surface area contributed by atoms with Crippen LogP contribution in [-0.4, -0.2) is 32.1 Å². The molecule has 0 amide bonds. The zero-order chi connectivity index (χ0) is 11.1. The summed E-state index contributed by atoms with van der Waals surface area (Å²) >= 11 is 5.33. The van der Waals surface area contributed by atoms with Crippen LogP contribution in [0.5, 0.6) is 0 Å². The third kappa shape index (κ3) is 5.66. The minimum Gasteiger partial charge on any atom is -0.312 e. The van der Waals surface area contributed by atoms with Gasteiger partial charge >= 0.3 is 0 Å². The summed E-state index contributed by atoms with van der Waals surface area (Å²) in [4.78, 5) is 3.62. The van der Waals surface area contributed by atoms with Crippen molar-refractivity contribution in [2.75, 3.05) is 27.2 Å². The molecule has 0 saturated carbocycles. The Hall–Kier alpha value is 0.100. The van der Waals surface area contributed by atoms with Gasteiger partial charge in [0.15, 0.2) is 0 Å². The zero-order valence-corrected chi connectivity index (χ0v) is 11.8. The maximum absolute atomic E-state index is 3.53. The van der Waals surface area contributed by atoms with Gasteiger partial charge in [-0.1, -0.05) is 0 Å². The summed E-state index contributed by atoms with van der Waals surface area (Å²) in [5.74, 6) is 0. The van der Waals surface area contributed by atoms with E-state index in [0.29, 0.717) is 0 Å². The molecule has 2 nitrogen and oxygen atoms in total. The van der Waals surface area contributed by atoms with Crippen LogP contribution >= 0.6 is 27.3 Å². The lowest BCUT2D eigenvalue weighted by molar-refractivity contribution is 0.392. The highest BCUT2D eigenvalue weighted by Gasteiger charge is 1.99. The summed E-state index contributed by atoms with van der Waals surface area (Å²) in [5, 5.41) is 5.58. The fourth-order valence-electron chi connectivity index (χ4n) is 1.33. The van der Waals surface area contributed by atoms with E-state index in [9.17, 15) is 0 Å². The average Bonchev–Trinajstić information content (AvgIpc) is 2.57. The zero-order valence-electron chi connectivity index (χ0n) is 9.42. The number of nitrogens with one attached hydrogen (secondary N) is 1. The summed E-state index contributed by atoms with van der Waals surface area (Å²) < 4.78 is 1.23. The van der Waals surface area contributed by atoms with Crippen molar-refractivity contribution in [3.63, 3.8) is 0 Å². The van der Waals surface area contributed by atoms with Gasteiger partial charge in [-0.05, 0) is 67.4 Å². The van der Waals surface area contributed by atoms with Crippen molar-refractivity contribution >= 4 is 27.3 Å². The third-order valence-electron chi connectivity index (χ3n) is 2.19. The van der Waals surface area contributed by atoms with Crippen molar-refractivity contribution in [3.8, 4) is 0 Å². The summed E-state index contributed by atoms with van der Waals surface area (Å²) in [5.41, 5.74) is 0. The first-order valence-corrected chi connectivity index (χ1v) is 6.94. The largest absolute Gasteiger partial charge is 0.312 e. The second-order valence-electron chi connectivity index (χ2n) is 3.88. The van der Waals surface area contributed by atoms with E-state index < -0.39 is 0 Å². The molecule has 1 rings (SSSR count). The predicted octanol–water partition coefficient (Wildman–Crippen LogP) is 2.94. The predicted molar refractivity (Wildman–Crippen MR) is 71.5 cm³/mol. The van der Waals surface area contributed by atoms with Crippen molar-refractivity contribution in [1.82, 2.24) is 10.2 Å². The number of unbranched alkanes of at least 4 members (excludes halogenated alkanes) is 1. The summed E-state index contributed by atoms with van der Waals surface area (Å²) in [6, 6.07) is 2.10. The minimum atomic E-state index is 0.986. The lowest BCUT2D eigenvalue weighted by Crippen LogP contribution is -2.17. The Morgan fingerprint density at radius 3 is 2.80 bits per heavy atom. The molecule has 15 heavy (non-hydrogen) atoms. The molecule has 0 aliphatic carbocycles. The molecule has 0 fully saturated rings. The summed E-state index contributed by atoms with van der Waals surface area (Å²) in [6.45, 7) is 3.28. The molecule has 0 unspecified atom stereocenters. The van der Waals surface area contributed by atoms with E-state index in [1.54, 1.807) is 11.3 Å². The van der Waals surface area contributed by atoms with Gasteiger partial charge in [0, 0.05) is 15.9 Å². The second kappa shape index (κ2) is 7.39. The van der Waals surface area contributed by atoms with Crippen LogP contribution in [0, 0.1) is 0 Å². The molecule has 0 bridgehead atoms. The topological polar surface area (TPSA) is 15.3 Å². The van der Waals surface area contributed by atoms with E-state index in [1.807, 2.05) is 0 Å². The van der Waals surface area contributed by atoms with Crippen LogP contribution < -0.4 is 5.32 Å². The number of hydrogen-bond acceptors (Lipinski definition) is 3. The van der Waals surface area contributed by atoms with Gasteiger partial charge in [-0.3, -0.25) is 0 Å². The van der Waals surface area contributed by atoms with Gasteiger partial charge in [-0.2, -0.15) is 0 Å². The van der Waals surface area contributed by atoms with Gasteiger partial charge < -0.3 is 10.2 Å². The van der Waals surface area contributed by atoms with Crippen LogP contribution in [0.25, 0.3) is 0 Å². The average molecular weight is 291 g/mol. The molecule has 0 spiro atoms. The van der Waals surface area contributed by atoms with E-state index in [4.69, 9.17) is 0 Å². The molecule has 1 N–H and O–H groups in total. The van der Waals surface area contributed by atoms with Crippen LogP contribution in [-0.2, 0) is 6.54 Å². The Morgan fingerprint density at radius 2 is 2.20 bits per heavy atom. The number of hydrogen-bond donors (Lipinski definition) is 1. The molecule has 0 radical (unpaired) electrons.